The van der Waals surface area contributed by atoms with Crippen molar-refractivity contribution in [2.45, 2.75) is 23.5 Å². The zero-order valence-corrected chi connectivity index (χ0v) is 16.2. The van der Waals surface area contributed by atoms with Crippen LogP contribution in [0.1, 0.15) is 6.92 Å². The predicted molar refractivity (Wildman–Crippen MR) is 101 cm³/mol. The number of aromatic nitrogens is 3. The van der Waals surface area contributed by atoms with Gasteiger partial charge in [-0.15, -0.1) is 10.2 Å². The highest BCUT2D eigenvalue weighted by Gasteiger charge is 2.17. The lowest BCUT2D eigenvalue weighted by atomic mass is 10.2. The molecule has 6 nitrogen and oxygen atoms in total. The molecule has 0 atom stereocenters. The van der Waals surface area contributed by atoms with E-state index in [2.05, 4.69) is 26.1 Å². The van der Waals surface area contributed by atoms with Crippen LogP contribution in [-0.2, 0) is 6.54 Å². The number of non-ortho nitro benzene ring substituents is 1. The van der Waals surface area contributed by atoms with Gasteiger partial charge in [0.25, 0.3) is 5.69 Å². The van der Waals surface area contributed by atoms with Gasteiger partial charge in [-0.05, 0) is 36.9 Å². The van der Waals surface area contributed by atoms with Crippen molar-refractivity contribution in [1.29, 1.82) is 0 Å². The van der Waals surface area contributed by atoms with Crippen molar-refractivity contribution >= 4 is 45.0 Å². The Morgan fingerprint density at radius 2 is 2.08 bits per heavy atom. The molecule has 0 radical (unpaired) electrons. The van der Waals surface area contributed by atoms with Crippen LogP contribution in [-0.4, -0.2) is 19.7 Å². The van der Waals surface area contributed by atoms with E-state index in [-0.39, 0.29) is 5.69 Å². The van der Waals surface area contributed by atoms with Gasteiger partial charge >= 0.3 is 0 Å². The molecule has 0 saturated carbocycles. The molecular formula is C16H12BrClN4O2S. The van der Waals surface area contributed by atoms with Crippen molar-refractivity contribution in [1.82, 2.24) is 14.8 Å². The SMILES string of the molecule is CCn1c(Sc2ccc([N+](=O)[O-])cc2Cl)nnc1-c1cccc(Br)c1. The van der Waals surface area contributed by atoms with Crippen LogP contribution < -0.4 is 0 Å². The monoisotopic (exact) mass is 438 g/mol. The molecule has 0 spiro atoms. The summed E-state index contributed by atoms with van der Waals surface area (Å²) in [6, 6.07) is 12.2. The minimum atomic E-state index is -0.472. The van der Waals surface area contributed by atoms with Crippen molar-refractivity contribution in [3.05, 3.63) is 62.1 Å². The molecule has 0 aliphatic carbocycles. The first-order valence-electron chi connectivity index (χ1n) is 7.30. The molecular weight excluding hydrogens is 428 g/mol. The highest BCUT2D eigenvalue weighted by molar-refractivity contribution is 9.10. The summed E-state index contributed by atoms with van der Waals surface area (Å²) >= 11 is 11.0. The van der Waals surface area contributed by atoms with Gasteiger partial charge in [-0.25, -0.2) is 0 Å². The van der Waals surface area contributed by atoms with Gasteiger partial charge in [-0.3, -0.25) is 10.1 Å². The lowest BCUT2D eigenvalue weighted by Crippen LogP contribution is -1.99. The average molecular weight is 440 g/mol. The number of halogens is 2. The summed E-state index contributed by atoms with van der Waals surface area (Å²) in [7, 11) is 0. The molecule has 25 heavy (non-hydrogen) atoms. The van der Waals surface area contributed by atoms with Gasteiger partial charge in [-0.2, -0.15) is 0 Å². The molecule has 3 aromatic rings. The number of hydrogen-bond donors (Lipinski definition) is 0. The zero-order chi connectivity index (χ0) is 18.0. The number of rotatable bonds is 5. The predicted octanol–water partition coefficient (Wildman–Crippen LogP) is 5.44. The van der Waals surface area contributed by atoms with E-state index in [4.69, 9.17) is 11.6 Å². The van der Waals surface area contributed by atoms with Crippen LogP contribution in [0.2, 0.25) is 5.02 Å². The molecule has 0 amide bonds. The van der Waals surface area contributed by atoms with Crippen LogP contribution in [0.25, 0.3) is 11.4 Å². The Hall–Kier alpha value is -1.90. The first-order chi connectivity index (χ1) is 12.0. The Morgan fingerprint density at radius 3 is 2.72 bits per heavy atom. The molecule has 0 aliphatic heterocycles. The van der Waals surface area contributed by atoms with Gasteiger partial charge in [-0.1, -0.05) is 39.7 Å². The number of nitro benzene ring substituents is 1. The average Bonchev–Trinajstić information content (AvgIpc) is 2.99. The van der Waals surface area contributed by atoms with Crippen molar-refractivity contribution in [2.75, 3.05) is 0 Å². The van der Waals surface area contributed by atoms with E-state index < -0.39 is 4.92 Å². The van der Waals surface area contributed by atoms with E-state index in [9.17, 15) is 10.1 Å². The van der Waals surface area contributed by atoms with Gasteiger partial charge in [0.2, 0.25) is 0 Å². The van der Waals surface area contributed by atoms with E-state index in [0.29, 0.717) is 21.6 Å². The fourth-order valence-corrected chi connectivity index (χ4v) is 3.86. The van der Waals surface area contributed by atoms with Crippen LogP contribution in [0.3, 0.4) is 0 Å². The lowest BCUT2D eigenvalue weighted by Gasteiger charge is -2.08. The molecule has 0 unspecified atom stereocenters. The van der Waals surface area contributed by atoms with Crippen LogP contribution in [0.4, 0.5) is 5.69 Å². The summed E-state index contributed by atoms with van der Waals surface area (Å²) < 4.78 is 2.94. The van der Waals surface area contributed by atoms with Crippen LogP contribution in [0, 0.1) is 10.1 Å². The van der Waals surface area contributed by atoms with E-state index in [1.165, 1.54) is 23.9 Å². The molecule has 0 aliphatic rings. The van der Waals surface area contributed by atoms with E-state index in [1.807, 2.05) is 35.8 Å². The first kappa shape index (κ1) is 17.9. The number of nitrogens with zero attached hydrogens (tertiary/aromatic N) is 4. The maximum absolute atomic E-state index is 10.8. The third-order valence-electron chi connectivity index (χ3n) is 3.44. The molecule has 128 valence electrons. The van der Waals surface area contributed by atoms with Crippen molar-refractivity contribution in [2.24, 2.45) is 0 Å². The van der Waals surface area contributed by atoms with Gasteiger partial charge < -0.3 is 4.57 Å². The van der Waals surface area contributed by atoms with Crippen molar-refractivity contribution < 1.29 is 4.92 Å². The van der Waals surface area contributed by atoms with Gasteiger partial charge in [0.15, 0.2) is 11.0 Å². The second-order valence-corrected chi connectivity index (χ2v) is 7.37. The molecule has 0 saturated heterocycles. The second-order valence-electron chi connectivity index (χ2n) is 5.03. The Balaban J connectivity index is 1.95. The van der Waals surface area contributed by atoms with E-state index in [1.54, 1.807) is 6.07 Å². The Labute approximate surface area is 161 Å². The minimum absolute atomic E-state index is 0.0406. The minimum Gasteiger partial charge on any atom is -0.302 e. The zero-order valence-electron chi connectivity index (χ0n) is 13.0. The molecule has 9 heteroatoms. The van der Waals surface area contributed by atoms with E-state index >= 15 is 0 Å². The highest BCUT2D eigenvalue weighted by Crippen LogP contribution is 2.36. The van der Waals surface area contributed by atoms with Gasteiger partial charge in [0, 0.05) is 33.6 Å². The lowest BCUT2D eigenvalue weighted by molar-refractivity contribution is -0.384. The molecule has 0 N–H and O–H groups in total. The number of benzene rings is 2. The normalized spacial score (nSPS) is 10.8. The van der Waals surface area contributed by atoms with Crippen LogP contribution >= 0.6 is 39.3 Å². The quantitative estimate of drug-likeness (QED) is 0.391. The maximum Gasteiger partial charge on any atom is 0.270 e. The summed E-state index contributed by atoms with van der Waals surface area (Å²) in [6.45, 7) is 2.69. The highest BCUT2D eigenvalue weighted by atomic mass is 79.9. The van der Waals surface area contributed by atoms with Gasteiger partial charge in [0.1, 0.15) is 0 Å². The smallest absolute Gasteiger partial charge is 0.270 e. The summed E-state index contributed by atoms with van der Waals surface area (Å²) in [5.41, 5.74) is 0.909. The molecule has 0 fully saturated rings. The number of hydrogen-bond acceptors (Lipinski definition) is 5. The molecule has 2 aromatic carbocycles. The Morgan fingerprint density at radius 1 is 1.28 bits per heavy atom. The molecule has 1 heterocycles. The van der Waals surface area contributed by atoms with Crippen molar-refractivity contribution in [3.8, 4) is 11.4 Å². The molecule has 1 aromatic heterocycles. The third kappa shape index (κ3) is 3.86. The number of nitro groups is 1. The first-order valence-corrected chi connectivity index (χ1v) is 9.29. The Kier molecular flexibility index (Phi) is 5.41. The third-order valence-corrected chi connectivity index (χ3v) is 5.42. The topological polar surface area (TPSA) is 73.8 Å². The second kappa shape index (κ2) is 7.55. The van der Waals surface area contributed by atoms with E-state index in [0.717, 1.165) is 15.9 Å². The standard InChI is InChI=1S/C16H12BrClN4O2S/c1-2-21-15(10-4-3-5-11(17)8-10)19-20-16(21)25-14-7-6-12(22(23)24)9-13(14)18/h3-9H,2H2,1H3. The summed E-state index contributed by atoms with van der Waals surface area (Å²) in [5, 5.41) is 20.4. The van der Waals surface area contributed by atoms with Crippen LogP contribution in [0.15, 0.2) is 57.0 Å². The Bertz CT molecular complexity index is 948. The summed E-state index contributed by atoms with van der Waals surface area (Å²) in [5.74, 6) is 0.754. The molecule has 0 bridgehead atoms. The molecule has 3 rings (SSSR count). The fourth-order valence-electron chi connectivity index (χ4n) is 2.27. The summed E-state index contributed by atoms with van der Waals surface area (Å²) in [4.78, 5) is 11.0. The largest absolute Gasteiger partial charge is 0.302 e. The fraction of sp³-hybridized carbons (Fsp3) is 0.125. The maximum atomic E-state index is 10.8. The van der Waals surface area contributed by atoms with Crippen LogP contribution in [0.5, 0.6) is 0 Å². The van der Waals surface area contributed by atoms with Crippen molar-refractivity contribution in [3.63, 3.8) is 0 Å². The van der Waals surface area contributed by atoms with Gasteiger partial charge in [0.05, 0.1) is 9.95 Å². The summed E-state index contributed by atoms with van der Waals surface area (Å²) in [6.07, 6.45) is 0.